The summed E-state index contributed by atoms with van der Waals surface area (Å²) in [6.07, 6.45) is 0. The van der Waals surface area contributed by atoms with Crippen LogP contribution in [0.2, 0.25) is 10.0 Å². The molecule has 0 aliphatic rings. The number of para-hydroxylation sites is 1. The molecule has 0 aliphatic heterocycles. The molecular weight excluding hydrogens is 305 g/mol. The molecule has 0 saturated carbocycles. The molecular formula is C17H19Cl2NO. The Balaban J connectivity index is 2.38. The van der Waals surface area contributed by atoms with Gasteiger partial charge in [0.05, 0.1) is 12.6 Å². The SMILES string of the molecule is CC(C)C(Nc1ccccc1CO)c1cc(Cl)ccc1Cl. The van der Waals surface area contributed by atoms with Crippen LogP contribution in [0.25, 0.3) is 0 Å². The summed E-state index contributed by atoms with van der Waals surface area (Å²) in [4.78, 5) is 0. The molecule has 2 nitrogen and oxygen atoms in total. The number of aliphatic hydroxyl groups excluding tert-OH is 1. The van der Waals surface area contributed by atoms with Crippen molar-refractivity contribution in [3.63, 3.8) is 0 Å². The number of rotatable bonds is 5. The number of nitrogens with one attached hydrogen (secondary N) is 1. The minimum atomic E-state index is -0.00271. The molecule has 0 spiro atoms. The van der Waals surface area contributed by atoms with Crippen LogP contribution >= 0.6 is 23.2 Å². The van der Waals surface area contributed by atoms with Crippen LogP contribution < -0.4 is 5.32 Å². The third-order valence-electron chi connectivity index (χ3n) is 3.46. The van der Waals surface area contributed by atoms with E-state index in [0.29, 0.717) is 16.0 Å². The molecule has 0 aliphatic carbocycles. The number of anilines is 1. The van der Waals surface area contributed by atoms with Crippen molar-refractivity contribution in [2.45, 2.75) is 26.5 Å². The van der Waals surface area contributed by atoms with Crippen LogP contribution in [0.4, 0.5) is 5.69 Å². The molecule has 21 heavy (non-hydrogen) atoms. The Bertz CT molecular complexity index is 613. The van der Waals surface area contributed by atoms with E-state index in [2.05, 4.69) is 19.2 Å². The van der Waals surface area contributed by atoms with E-state index in [-0.39, 0.29) is 12.6 Å². The molecule has 0 aromatic heterocycles. The summed E-state index contributed by atoms with van der Waals surface area (Å²) < 4.78 is 0. The quantitative estimate of drug-likeness (QED) is 0.783. The van der Waals surface area contributed by atoms with Crippen molar-refractivity contribution in [2.75, 3.05) is 5.32 Å². The van der Waals surface area contributed by atoms with E-state index in [1.54, 1.807) is 6.07 Å². The number of hydrogen-bond donors (Lipinski definition) is 2. The van der Waals surface area contributed by atoms with Gasteiger partial charge in [0.2, 0.25) is 0 Å². The van der Waals surface area contributed by atoms with E-state index >= 15 is 0 Å². The Hall–Kier alpha value is -1.22. The number of benzene rings is 2. The Morgan fingerprint density at radius 3 is 2.48 bits per heavy atom. The second-order valence-corrected chi connectivity index (χ2v) is 6.19. The molecule has 2 aromatic rings. The fraction of sp³-hybridized carbons (Fsp3) is 0.294. The van der Waals surface area contributed by atoms with Gasteiger partial charge in [0.25, 0.3) is 0 Å². The van der Waals surface area contributed by atoms with E-state index < -0.39 is 0 Å². The third kappa shape index (κ3) is 3.91. The fourth-order valence-electron chi connectivity index (χ4n) is 2.32. The van der Waals surface area contributed by atoms with Gasteiger partial charge in [-0.05, 0) is 35.7 Å². The zero-order valence-electron chi connectivity index (χ0n) is 12.1. The topological polar surface area (TPSA) is 32.3 Å². The maximum absolute atomic E-state index is 9.45. The molecule has 2 aromatic carbocycles. The van der Waals surface area contributed by atoms with Gasteiger partial charge < -0.3 is 10.4 Å². The Kier molecular flexibility index (Phi) is 5.51. The van der Waals surface area contributed by atoms with Crippen LogP contribution in [0.5, 0.6) is 0 Å². The average molecular weight is 324 g/mol. The molecule has 0 fully saturated rings. The second kappa shape index (κ2) is 7.17. The molecule has 1 atom stereocenters. The maximum atomic E-state index is 9.45. The molecule has 112 valence electrons. The molecule has 0 heterocycles. The number of halogens is 2. The monoisotopic (exact) mass is 323 g/mol. The van der Waals surface area contributed by atoms with Crippen LogP contribution in [0, 0.1) is 5.92 Å². The third-order valence-corrected chi connectivity index (χ3v) is 4.04. The molecule has 0 saturated heterocycles. The summed E-state index contributed by atoms with van der Waals surface area (Å²) in [6.45, 7) is 4.24. The van der Waals surface area contributed by atoms with Crippen molar-refractivity contribution in [2.24, 2.45) is 5.92 Å². The summed E-state index contributed by atoms with van der Waals surface area (Å²) >= 11 is 12.4. The first-order chi connectivity index (χ1) is 10.0. The van der Waals surface area contributed by atoms with E-state index in [1.165, 1.54) is 0 Å². The normalized spacial score (nSPS) is 12.5. The second-order valence-electron chi connectivity index (χ2n) is 5.35. The summed E-state index contributed by atoms with van der Waals surface area (Å²) in [5, 5.41) is 14.3. The molecule has 2 N–H and O–H groups in total. The van der Waals surface area contributed by atoms with Crippen LogP contribution in [-0.2, 0) is 6.61 Å². The van der Waals surface area contributed by atoms with Crippen molar-refractivity contribution in [1.82, 2.24) is 0 Å². The summed E-state index contributed by atoms with van der Waals surface area (Å²) in [5.74, 6) is 0.313. The van der Waals surface area contributed by atoms with Gasteiger partial charge in [0.15, 0.2) is 0 Å². The minimum absolute atomic E-state index is 0.00271. The van der Waals surface area contributed by atoms with E-state index in [1.807, 2.05) is 36.4 Å². The predicted molar refractivity (Wildman–Crippen MR) is 90.0 cm³/mol. The summed E-state index contributed by atoms with van der Waals surface area (Å²) in [6, 6.07) is 13.2. The van der Waals surface area contributed by atoms with Crippen molar-refractivity contribution in [3.05, 3.63) is 63.6 Å². The smallest absolute Gasteiger partial charge is 0.0701 e. The maximum Gasteiger partial charge on any atom is 0.0701 e. The predicted octanol–water partition coefficient (Wildman–Crippen LogP) is 5.29. The van der Waals surface area contributed by atoms with E-state index in [4.69, 9.17) is 23.2 Å². The molecule has 0 bridgehead atoms. The molecule has 2 rings (SSSR count). The Morgan fingerprint density at radius 2 is 1.81 bits per heavy atom. The zero-order valence-corrected chi connectivity index (χ0v) is 13.6. The highest BCUT2D eigenvalue weighted by Crippen LogP contribution is 2.34. The largest absolute Gasteiger partial charge is 0.392 e. The van der Waals surface area contributed by atoms with Crippen molar-refractivity contribution < 1.29 is 5.11 Å². The lowest BCUT2D eigenvalue weighted by molar-refractivity contribution is 0.282. The molecule has 0 amide bonds. The average Bonchev–Trinajstić information content (AvgIpc) is 2.47. The summed E-state index contributed by atoms with van der Waals surface area (Å²) in [5.41, 5.74) is 2.74. The number of hydrogen-bond acceptors (Lipinski definition) is 2. The molecule has 4 heteroatoms. The van der Waals surface area contributed by atoms with Gasteiger partial charge >= 0.3 is 0 Å². The Labute approximate surface area is 135 Å². The van der Waals surface area contributed by atoms with Gasteiger partial charge in [0, 0.05) is 21.3 Å². The zero-order chi connectivity index (χ0) is 15.4. The van der Waals surface area contributed by atoms with Crippen LogP contribution in [0.15, 0.2) is 42.5 Å². The van der Waals surface area contributed by atoms with Gasteiger partial charge in [-0.25, -0.2) is 0 Å². The van der Waals surface area contributed by atoms with Gasteiger partial charge in [-0.3, -0.25) is 0 Å². The van der Waals surface area contributed by atoms with Crippen LogP contribution in [0.3, 0.4) is 0 Å². The fourth-order valence-corrected chi connectivity index (χ4v) is 2.74. The van der Waals surface area contributed by atoms with Gasteiger partial charge in [-0.1, -0.05) is 55.2 Å². The first-order valence-corrected chi connectivity index (χ1v) is 7.68. The highest BCUT2D eigenvalue weighted by Gasteiger charge is 2.19. The van der Waals surface area contributed by atoms with Crippen molar-refractivity contribution in [1.29, 1.82) is 0 Å². The number of aliphatic hydroxyl groups is 1. The first kappa shape index (κ1) is 16.2. The van der Waals surface area contributed by atoms with Gasteiger partial charge in [-0.15, -0.1) is 0 Å². The van der Waals surface area contributed by atoms with Crippen molar-refractivity contribution in [3.8, 4) is 0 Å². The highest BCUT2D eigenvalue weighted by atomic mass is 35.5. The lowest BCUT2D eigenvalue weighted by Crippen LogP contribution is -2.18. The summed E-state index contributed by atoms with van der Waals surface area (Å²) in [7, 11) is 0. The van der Waals surface area contributed by atoms with Crippen LogP contribution in [0.1, 0.15) is 31.0 Å². The lowest BCUT2D eigenvalue weighted by Gasteiger charge is -2.26. The van der Waals surface area contributed by atoms with Gasteiger partial charge in [0.1, 0.15) is 0 Å². The van der Waals surface area contributed by atoms with Crippen LogP contribution in [-0.4, -0.2) is 5.11 Å². The van der Waals surface area contributed by atoms with Gasteiger partial charge in [-0.2, -0.15) is 0 Å². The highest BCUT2D eigenvalue weighted by molar-refractivity contribution is 6.33. The first-order valence-electron chi connectivity index (χ1n) is 6.93. The standard InChI is InChI=1S/C17H19Cl2NO/c1-11(2)17(14-9-13(18)7-8-15(14)19)20-16-6-4-3-5-12(16)10-21/h3-9,11,17,20-21H,10H2,1-2H3. The Morgan fingerprint density at radius 1 is 1.10 bits per heavy atom. The van der Waals surface area contributed by atoms with E-state index in [0.717, 1.165) is 16.8 Å². The van der Waals surface area contributed by atoms with Crippen molar-refractivity contribution >= 4 is 28.9 Å². The van der Waals surface area contributed by atoms with E-state index in [9.17, 15) is 5.11 Å². The molecule has 1 unspecified atom stereocenters. The lowest BCUT2D eigenvalue weighted by atomic mass is 9.95. The molecule has 0 radical (unpaired) electrons. The minimum Gasteiger partial charge on any atom is -0.392 e.